The van der Waals surface area contributed by atoms with Crippen LogP contribution in [-0.4, -0.2) is 108 Å². The van der Waals surface area contributed by atoms with Gasteiger partial charge in [-0.2, -0.15) is 14.5 Å². The van der Waals surface area contributed by atoms with Crippen LogP contribution in [-0.2, 0) is 22.9 Å². The first-order chi connectivity index (χ1) is 21.5. The van der Waals surface area contributed by atoms with E-state index in [1.165, 1.54) is 35.3 Å². The maximum atomic E-state index is 13.2. The molecule has 3 fully saturated rings. The van der Waals surface area contributed by atoms with Crippen LogP contribution in [0.1, 0.15) is 11.6 Å². The van der Waals surface area contributed by atoms with Gasteiger partial charge in [0.1, 0.15) is 35.3 Å². The number of anilines is 2. The normalized spacial score (nSPS) is 35.5. The number of aromatic amines is 1. The molecule has 4 aromatic rings. The molecule has 9 N–H and O–H groups in total. The number of aliphatic hydroxyl groups is 2. The Bertz CT molecular complexity index is 1910. The quantitative estimate of drug-likeness (QED) is 0.0777. The van der Waals surface area contributed by atoms with Crippen molar-refractivity contribution in [1.29, 1.82) is 0 Å². The Morgan fingerprint density at radius 2 is 1.89 bits per heavy atom. The second-order valence-electron chi connectivity index (χ2n) is 10.1. The van der Waals surface area contributed by atoms with Crippen molar-refractivity contribution in [2.45, 2.75) is 47.4 Å². The summed E-state index contributed by atoms with van der Waals surface area (Å²) in [6.45, 7) is -0.360. The van der Waals surface area contributed by atoms with E-state index in [4.69, 9.17) is 29.8 Å². The van der Waals surface area contributed by atoms with E-state index in [-0.39, 0.29) is 29.5 Å². The van der Waals surface area contributed by atoms with Crippen molar-refractivity contribution < 1.29 is 38.0 Å². The number of imidazole rings is 2. The van der Waals surface area contributed by atoms with Crippen LogP contribution in [0.15, 0.2) is 23.8 Å². The molecule has 0 aromatic carbocycles. The zero-order valence-electron chi connectivity index (χ0n) is 23.0. The number of hydrogen-bond donors (Lipinski definition) is 7. The fourth-order valence-electron chi connectivity index (χ4n) is 5.39. The van der Waals surface area contributed by atoms with Crippen molar-refractivity contribution in [3.05, 3.63) is 29.3 Å². The fraction of sp³-hybridized carbons (Fsp3) is 0.524. The lowest BCUT2D eigenvalue weighted by molar-refractivity contribution is -0.0332. The van der Waals surface area contributed by atoms with Gasteiger partial charge >= 0.3 is 13.3 Å². The van der Waals surface area contributed by atoms with Crippen LogP contribution >= 0.6 is 45.2 Å². The Balaban J connectivity index is 1.20. The first-order valence-corrected chi connectivity index (χ1v) is 21.9. The highest BCUT2D eigenvalue weighted by atomic mass is 127. The molecule has 7 heterocycles. The van der Waals surface area contributed by atoms with Gasteiger partial charge in [-0.1, -0.05) is 0 Å². The van der Waals surface area contributed by atoms with Crippen LogP contribution in [0, 0.1) is 0 Å². The number of H-pyrrole nitrogens is 1. The number of aliphatic hydroxyl groups excluding tert-OH is 2. The highest BCUT2D eigenvalue weighted by Crippen LogP contribution is 2.53. The van der Waals surface area contributed by atoms with Gasteiger partial charge in [0.25, 0.3) is 5.56 Å². The average molecular weight is 798 g/mol. The van der Waals surface area contributed by atoms with Crippen molar-refractivity contribution in [3.8, 4) is 0 Å². The zero-order valence-corrected chi connectivity index (χ0v) is 27.8. The van der Waals surface area contributed by atoms with Crippen molar-refractivity contribution in [3.63, 3.8) is 0 Å². The largest absolute Gasteiger partial charge is 0.472 e. The van der Waals surface area contributed by atoms with E-state index in [1.54, 1.807) is 4.57 Å². The summed E-state index contributed by atoms with van der Waals surface area (Å²) in [7, 11) is -4.82. The number of nitrogen functional groups attached to an aromatic ring is 2. The monoisotopic (exact) mass is 798 g/mol. The molecule has 10 atom stereocenters. The third-order valence-corrected chi connectivity index (χ3v) is 15.5. The highest BCUT2D eigenvalue weighted by Gasteiger charge is 2.53. The molecule has 242 valence electrons. The Labute approximate surface area is 266 Å². The summed E-state index contributed by atoms with van der Waals surface area (Å²) in [6.07, 6.45) is -2.91. The van der Waals surface area contributed by atoms with Crippen LogP contribution in [0.4, 0.5) is 11.8 Å². The van der Waals surface area contributed by atoms with E-state index in [9.17, 15) is 24.5 Å². The van der Waals surface area contributed by atoms with Crippen LogP contribution < -0.4 is 22.1 Å². The second kappa shape index (κ2) is 12.1. The van der Waals surface area contributed by atoms with Crippen LogP contribution in [0.5, 0.6) is 0 Å². The first-order valence-electron chi connectivity index (χ1n) is 13.2. The van der Waals surface area contributed by atoms with Crippen LogP contribution in [0.3, 0.4) is 0 Å². The van der Waals surface area contributed by atoms with Crippen molar-refractivity contribution >= 4 is 79.3 Å². The lowest BCUT2D eigenvalue weighted by atomic mass is 10.1. The molecule has 3 aliphatic rings. The molecule has 0 amide bonds. The average Bonchev–Trinajstić information content (AvgIpc) is 3.75. The first kappa shape index (κ1) is 31.4. The van der Waals surface area contributed by atoms with E-state index >= 15 is 0 Å². The fourth-order valence-corrected chi connectivity index (χ4v) is 12.2. The number of alkyl halides is 1. The lowest BCUT2D eigenvalue weighted by Crippen LogP contribution is -2.38. The predicted molar refractivity (Wildman–Crippen MR) is 169 cm³/mol. The molecule has 0 spiro atoms. The smallest absolute Gasteiger partial charge is 0.389 e. The summed E-state index contributed by atoms with van der Waals surface area (Å²) < 4.78 is 39.8. The summed E-state index contributed by atoms with van der Waals surface area (Å²) in [5, 5.41) is 24.7. The Kier molecular flexibility index (Phi) is 8.44. The Morgan fingerprint density at radius 3 is 2.69 bits per heavy atom. The molecule has 3 aliphatic heterocycles. The van der Waals surface area contributed by atoms with Gasteiger partial charge in [0.2, 0.25) is 5.95 Å². The maximum Gasteiger partial charge on any atom is 0.472 e. The van der Waals surface area contributed by atoms with Crippen LogP contribution in [0.25, 0.3) is 22.3 Å². The molecule has 24 heteroatoms. The van der Waals surface area contributed by atoms with Gasteiger partial charge in [0.15, 0.2) is 55.1 Å². The molecule has 45 heavy (non-hydrogen) atoms. The van der Waals surface area contributed by atoms with Gasteiger partial charge in [-0.15, -0.1) is 16.8 Å². The standard InChI is InChI=1S/C21H26IN11O9P2S/c1-22-43-29-2-7-13(12(35)19(40-7)32-5-28-10-16(32)25-4-26-18(10)36)42-44(37,38)39-3-8-11(34)14(41-43)20(45-8)33-6-27-9-15(23)30-21(24)31-17(9)33/h4-8,11-14,19-20,29,34-35H,2-3H2,1H3,(H5-,23,24,25,26,30,31,36,37,38)/p+1/t7-,8-,11-,12-,13-,14-,19-,20-/m1/s1. The molecule has 0 aliphatic carbocycles. The Morgan fingerprint density at radius 1 is 1.11 bits per heavy atom. The van der Waals surface area contributed by atoms with E-state index in [0.717, 1.165) is 0 Å². The minimum atomic E-state index is -4.82. The number of aromatic nitrogens is 8. The van der Waals surface area contributed by atoms with Gasteiger partial charge in [-0.25, -0.2) is 19.5 Å². The molecule has 4 aromatic heterocycles. The molecule has 3 saturated heterocycles. The zero-order chi connectivity index (χ0) is 31.6. The molecule has 2 bridgehead atoms. The Hall–Kier alpha value is -2.21. The van der Waals surface area contributed by atoms with Crippen LogP contribution in [0.2, 0.25) is 0 Å². The minimum absolute atomic E-state index is 0.0295. The molecule has 2 unspecified atom stereocenters. The molecule has 7 rings (SSSR count). The number of hydrogen-bond acceptors (Lipinski definition) is 17. The second-order valence-corrected chi connectivity index (χ2v) is 19.8. The number of nitrogens with one attached hydrogen (secondary N) is 2. The highest BCUT2D eigenvalue weighted by molar-refractivity contribution is 14.2. The molecule has 0 saturated carbocycles. The number of halogens is 1. The van der Waals surface area contributed by atoms with Gasteiger partial charge < -0.3 is 36.3 Å². The van der Waals surface area contributed by atoms with Crippen molar-refractivity contribution in [2.24, 2.45) is 0 Å². The van der Waals surface area contributed by atoms with E-state index in [2.05, 4.69) is 35.0 Å². The third-order valence-electron chi connectivity index (χ3n) is 7.44. The van der Waals surface area contributed by atoms with Gasteiger partial charge in [-0.05, 0) is 0 Å². The SMILES string of the molecule is CI=[P+]1NC[C@H]2O[C@@H](n3cnc4c(=O)[nH]cnc43)[C@H](O)[C@@H]2OP(=O)(O)OC[C@H]2S[C@@H](n3cnc4c(N)nc(N)nc43)[C@H](O1)[C@@H]2O. The number of thioether (sulfide) groups is 1. The number of phosphoric ester groups is 1. The lowest BCUT2D eigenvalue weighted by Gasteiger charge is -2.23. The number of ether oxygens (including phenoxy) is 1. The molecular weight excluding hydrogens is 771 g/mol. The minimum Gasteiger partial charge on any atom is -0.389 e. The number of fused-ring (bicyclic) bond motifs is 5. The summed E-state index contributed by atoms with van der Waals surface area (Å²) in [5.41, 5.74) is 10.9. The van der Waals surface area contributed by atoms with Crippen molar-refractivity contribution in [2.75, 3.05) is 29.5 Å². The van der Waals surface area contributed by atoms with Gasteiger partial charge in [-0.3, -0.25) is 23.0 Å². The van der Waals surface area contributed by atoms with E-state index in [1.807, 2.05) is 4.93 Å². The number of nitrogens with zero attached hydrogens (tertiary/aromatic N) is 7. The predicted octanol–water partition coefficient (Wildman–Crippen LogP) is -0.325. The molecule has 20 nitrogen and oxygen atoms in total. The number of rotatable bonds is 2. The topological polar surface area (TPSA) is 286 Å². The summed E-state index contributed by atoms with van der Waals surface area (Å²) in [4.78, 5) is 48.2. The number of nitrogens with two attached hydrogens (primary N) is 2. The van der Waals surface area contributed by atoms with E-state index < -0.39 is 93.0 Å². The van der Waals surface area contributed by atoms with Gasteiger partial charge in [0.05, 0.1) is 37.4 Å². The van der Waals surface area contributed by atoms with E-state index in [0.29, 0.717) is 11.2 Å². The van der Waals surface area contributed by atoms with Crippen molar-refractivity contribution in [1.82, 2.24) is 44.1 Å². The molecular formula is C21H27IN11O9P2S+. The van der Waals surface area contributed by atoms with Gasteiger partial charge in [0, 0.05) is 4.93 Å². The summed E-state index contributed by atoms with van der Waals surface area (Å²) in [6, 6.07) is 0. The third kappa shape index (κ3) is 5.69. The maximum absolute atomic E-state index is 13.2. The molecule has 0 radical (unpaired) electrons. The summed E-state index contributed by atoms with van der Waals surface area (Å²) >= 11 is 0.632. The number of phosphoric acid groups is 1. The summed E-state index contributed by atoms with van der Waals surface area (Å²) in [5.74, 6) is 0.0447.